The highest BCUT2D eigenvalue weighted by Gasteiger charge is 2.38. The predicted octanol–water partition coefficient (Wildman–Crippen LogP) is 2.93. The lowest BCUT2D eigenvalue weighted by atomic mass is 9.64. The summed E-state index contributed by atoms with van der Waals surface area (Å²) in [5.41, 5.74) is 7.31. The number of nitrogens with one attached hydrogen (secondary N) is 1. The number of nitrogens with two attached hydrogens (primary N) is 1. The van der Waals surface area contributed by atoms with E-state index in [9.17, 15) is 0 Å². The minimum Gasteiger partial charge on any atom is -0.383 e. The van der Waals surface area contributed by atoms with Crippen LogP contribution >= 0.6 is 35.6 Å². The quantitative estimate of drug-likeness (QED) is 0.320. The maximum atomic E-state index is 5.95. The molecule has 1 aromatic rings. The van der Waals surface area contributed by atoms with Crippen molar-refractivity contribution in [2.75, 3.05) is 26.8 Å². The number of halogens is 2. The molecule has 0 unspecified atom stereocenters. The molecule has 4 nitrogen and oxygen atoms in total. The molecule has 1 aliphatic rings. The van der Waals surface area contributed by atoms with Gasteiger partial charge in [-0.25, -0.2) is 0 Å². The average molecular weight is 424 g/mol. The third-order valence-electron chi connectivity index (χ3n) is 3.93. The summed E-state index contributed by atoms with van der Waals surface area (Å²) < 4.78 is 4.96. The molecule has 1 aromatic carbocycles. The molecule has 6 heteroatoms. The topological polar surface area (TPSA) is 59.6 Å². The van der Waals surface area contributed by atoms with Crippen molar-refractivity contribution in [3.8, 4) is 0 Å². The zero-order chi connectivity index (χ0) is 14.4. The number of methoxy groups -OCH3 is 1. The number of nitrogens with zero attached hydrogens (tertiary/aromatic N) is 1. The molecule has 0 saturated heterocycles. The first kappa shape index (κ1) is 18.5. The van der Waals surface area contributed by atoms with E-state index < -0.39 is 0 Å². The third kappa shape index (κ3) is 5.00. The van der Waals surface area contributed by atoms with Gasteiger partial charge in [-0.3, -0.25) is 4.99 Å². The van der Waals surface area contributed by atoms with Crippen molar-refractivity contribution in [1.82, 2.24) is 5.32 Å². The van der Waals surface area contributed by atoms with Gasteiger partial charge in [-0.1, -0.05) is 30.2 Å². The van der Waals surface area contributed by atoms with Crippen LogP contribution in [0.1, 0.15) is 24.8 Å². The lowest BCUT2D eigenvalue weighted by molar-refractivity contribution is 0.203. The van der Waals surface area contributed by atoms with Crippen LogP contribution in [0, 0.1) is 0 Å². The van der Waals surface area contributed by atoms with E-state index >= 15 is 0 Å². The fraction of sp³-hybridized carbons (Fsp3) is 0.533. The molecule has 0 radical (unpaired) electrons. The fourth-order valence-corrected chi connectivity index (χ4v) is 2.64. The lowest BCUT2D eigenvalue weighted by Gasteiger charge is -2.41. The molecule has 2 rings (SSSR count). The Morgan fingerprint density at radius 2 is 2.05 bits per heavy atom. The van der Waals surface area contributed by atoms with E-state index in [1.165, 1.54) is 12.0 Å². The molecule has 1 aliphatic carbocycles. The highest BCUT2D eigenvalue weighted by Crippen LogP contribution is 2.44. The maximum absolute atomic E-state index is 5.95. The van der Waals surface area contributed by atoms with Crippen LogP contribution in [0.2, 0.25) is 5.02 Å². The van der Waals surface area contributed by atoms with Crippen molar-refractivity contribution in [3.63, 3.8) is 0 Å². The minimum atomic E-state index is 0. The van der Waals surface area contributed by atoms with Gasteiger partial charge in [0.15, 0.2) is 5.96 Å². The summed E-state index contributed by atoms with van der Waals surface area (Å²) in [6.07, 6.45) is 3.56. The summed E-state index contributed by atoms with van der Waals surface area (Å²) >= 11 is 5.95. The zero-order valence-electron chi connectivity index (χ0n) is 12.3. The van der Waals surface area contributed by atoms with Gasteiger partial charge < -0.3 is 15.8 Å². The Labute approximate surface area is 148 Å². The number of guanidine groups is 1. The maximum Gasteiger partial charge on any atom is 0.188 e. The molecule has 3 N–H and O–H groups in total. The summed E-state index contributed by atoms with van der Waals surface area (Å²) in [4.78, 5) is 4.48. The van der Waals surface area contributed by atoms with E-state index in [4.69, 9.17) is 22.1 Å². The number of hydrogen-bond donors (Lipinski definition) is 2. The molecular weight excluding hydrogens is 401 g/mol. The smallest absolute Gasteiger partial charge is 0.188 e. The molecule has 118 valence electrons. The second-order valence-corrected chi connectivity index (χ2v) is 5.70. The Morgan fingerprint density at radius 3 is 2.57 bits per heavy atom. The monoisotopic (exact) mass is 423 g/mol. The Balaban J connectivity index is 0.00000220. The zero-order valence-corrected chi connectivity index (χ0v) is 15.4. The van der Waals surface area contributed by atoms with Crippen LogP contribution in [-0.2, 0) is 10.2 Å². The Morgan fingerprint density at radius 1 is 1.38 bits per heavy atom. The fourth-order valence-electron chi connectivity index (χ4n) is 2.52. The number of aliphatic imine (C=N–C) groups is 1. The highest BCUT2D eigenvalue weighted by atomic mass is 127. The molecule has 21 heavy (non-hydrogen) atoms. The van der Waals surface area contributed by atoms with Crippen molar-refractivity contribution in [2.45, 2.75) is 24.7 Å². The van der Waals surface area contributed by atoms with E-state index in [1.54, 1.807) is 7.11 Å². The number of ether oxygens (including phenoxy) is 1. The van der Waals surface area contributed by atoms with Gasteiger partial charge in [0.2, 0.25) is 0 Å². The summed E-state index contributed by atoms with van der Waals surface area (Å²) in [7, 11) is 1.67. The van der Waals surface area contributed by atoms with Crippen LogP contribution in [0.3, 0.4) is 0 Å². The minimum absolute atomic E-state index is 0. The summed E-state index contributed by atoms with van der Waals surface area (Å²) in [6, 6.07) is 8.10. The van der Waals surface area contributed by atoms with Gasteiger partial charge in [-0.15, -0.1) is 24.0 Å². The first-order valence-electron chi connectivity index (χ1n) is 6.95. The lowest BCUT2D eigenvalue weighted by Crippen LogP contribution is -2.40. The highest BCUT2D eigenvalue weighted by molar-refractivity contribution is 14.0. The molecule has 0 amide bonds. The first-order chi connectivity index (χ1) is 9.66. The van der Waals surface area contributed by atoms with E-state index in [1.807, 2.05) is 12.1 Å². The second kappa shape index (κ2) is 8.80. The average Bonchev–Trinajstić information content (AvgIpc) is 2.40. The number of benzene rings is 1. The van der Waals surface area contributed by atoms with Crippen LogP contribution in [0.5, 0.6) is 0 Å². The van der Waals surface area contributed by atoms with Gasteiger partial charge >= 0.3 is 0 Å². The number of rotatable bonds is 6. The molecule has 1 saturated carbocycles. The van der Waals surface area contributed by atoms with E-state index in [-0.39, 0.29) is 29.4 Å². The molecule has 0 heterocycles. The van der Waals surface area contributed by atoms with Crippen LogP contribution in [-0.4, -0.2) is 32.8 Å². The molecule has 0 bridgehead atoms. The summed E-state index contributed by atoms with van der Waals surface area (Å²) in [5, 5.41) is 3.82. The van der Waals surface area contributed by atoms with Crippen LogP contribution in [0.25, 0.3) is 0 Å². The molecule has 1 fully saturated rings. The van der Waals surface area contributed by atoms with E-state index in [2.05, 4.69) is 22.4 Å². The molecular formula is C15H23ClIN3O. The molecule has 0 aromatic heterocycles. The molecule has 0 spiro atoms. The number of hydrogen-bond acceptors (Lipinski definition) is 2. The Hall–Kier alpha value is -0.530. The van der Waals surface area contributed by atoms with E-state index in [0.717, 1.165) is 24.4 Å². The molecule has 0 atom stereocenters. The van der Waals surface area contributed by atoms with Crippen molar-refractivity contribution >= 4 is 41.5 Å². The largest absolute Gasteiger partial charge is 0.383 e. The van der Waals surface area contributed by atoms with Gasteiger partial charge in [0.1, 0.15) is 0 Å². The van der Waals surface area contributed by atoms with Gasteiger partial charge in [-0.05, 0) is 30.5 Å². The van der Waals surface area contributed by atoms with Crippen LogP contribution in [0.4, 0.5) is 0 Å². The summed E-state index contributed by atoms with van der Waals surface area (Å²) in [6.45, 7) is 2.03. The first-order valence-corrected chi connectivity index (χ1v) is 7.33. The Bertz CT molecular complexity index is 460. The van der Waals surface area contributed by atoms with Gasteiger partial charge in [-0.2, -0.15) is 0 Å². The van der Waals surface area contributed by atoms with Gasteiger partial charge in [0.05, 0.1) is 13.2 Å². The van der Waals surface area contributed by atoms with Gasteiger partial charge in [0, 0.05) is 24.1 Å². The molecule has 0 aliphatic heterocycles. The van der Waals surface area contributed by atoms with Crippen molar-refractivity contribution in [3.05, 3.63) is 34.9 Å². The normalized spacial score (nSPS) is 16.8. The third-order valence-corrected chi connectivity index (χ3v) is 4.18. The van der Waals surface area contributed by atoms with Crippen molar-refractivity contribution in [1.29, 1.82) is 0 Å². The van der Waals surface area contributed by atoms with Crippen LogP contribution in [0.15, 0.2) is 29.3 Å². The summed E-state index contributed by atoms with van der Waals surface area (Å²) in [5.74, 6) is 0.488. The standard InChI is InChI=1S/C15H22ClN3O.HI/c1-20-10-9-18-14(17)19-11-15(7-2-8-15)12-3-5-13(16)6-4-12;/h3-6H,2,7-11H2,1H3,(H3,17,18,19);1H. The van der Waals surface area contributed by atoms with Crippen molar-refractivity contribution in [2.24, 2.45) is 10.7 Å². The predicted molar refractivity (Wildman–Crippen MR) is 98.8 cm³/mol. The van der Waals surface area contributed by atoms with E-state index in [0.29, 0.717) is 19.1 Å². The SMILES string of the molecule is COCCNC(N)=NCC1(c2ccc(Cl)cc2)CCC1.I. The van der Waals surface area contributed by atoms with Crippen LogP contribution < -0.4 is 11.1 Å². The van der Waals surface area contributed by atoms with Crippen molar-refractivity contribution < 1.29 is 4.74 Å². The Kier molecular flexibility index (Phi) is 7.76. The van der Waals surface area contributed by atoms with Gasteiger partial charge in [0.25, 0.3) is 0 Å². The second-order valence-electron chi connectivity index (χ2n) is 5.26.